The Morgan fingerprint density at radius 2 is 1.59 bits per heavy atom. The van der Waals surface area contributed by atoms with E-state index in [-0.39, 0.29) is 0 Å². The number of rotatable bonds is 3. The summed E-state index contributed by atoms with van der Waals surface area (Å²) in [5.74, 6) is 1.00. The Kier molecular flexibility index (Phi) is 14.2. The molecule has 1 aromatic rings. The van der Waals surface area contributed by atoms with E-state index in [1.54, 1.807) is 7.11 Å². The zero-order valence-electron chi connectivity index (χ0n) is 12.8. The predicted octanol–water partition coefficient (Wildman–Crippen LogP) is 5.40. The number of hydrogen-bond acceptors (Lipinski definition) is 1. The van der Waals surface area contributed by atoms with Gasteiger partial charge in [0.05, 0.1) is 7.11 Å². The molecule has 0 radical (unpaired) electrons. The van der Waals surface area contributed by atoms with Crippen molar-refractivity contribution < 1.29 is 4.74 Å². The minimum Gasteiger partial charge on any atom is -0.496 e. The SMILES string of the molecule is CC.CCC.CCCc1ccc(C)c(OC)c1. The first-order valence-electron chi connectivity index (χ1n) is 6.83. The summed E-state index contributed by atoms with van der Waals surface area (Å²) in [4.78, 5) is 0. The summed E-state index contributed by atoms with van der Waals surface area (Å²) in [5, 5.41) is 0. The highest BCUT2D eigenvalue weighted by molar-refractivity contribution is 5.36. The maximum atomic E-state index is 5.23. The molecule has 100 valence electrons. The second-order valence-electron chi connectivity index (χ2n) is 3.76. The lowest BCUT2D eigenvalue weighted by Gasteiger charge is -2.06. The average Bonchev–Trinajstić information content (AvgIpc) is 2.35. The molecule has 1 aromatic carbocycles. The van der Waals surface area contributed by atoms with Crippen LogP contribution in [-0.2, 0) is 6.42 Å². The van der Waals surface area contributed by atoms with E-state index in [0.717, 1.165) is 12.2 Å². The zero-order valence-corrected chi connectivity index (χ0v) is 12.8. The van der Waals surface area contributed by atoms with Gasteiger partial charge in [0.25, 0.3) is 0 Å². The van der Waals surface area contributed by atoms with Crippen LogP contribution in [0, 0.1) is 6.92 Å². The average molecular weight is 238 g/mol. The monoisotopic (exact) mass is 238 g/mol. The Balaban J connectivity index is 0. The molecule has 0 saturated heterocycles. The molecule has 1 rings (SSSR count). The molecule has 0 aliphatic rings. The third-order valence-electron chi connectivity index (χ3n) is 2.01. The lowest BCUT2D eigenvalue weighted by Crippen LogP contribution is -1.89. The van der Waals surface area contributed by atoms with E-state index >= 15 is 0 Å². The van der Waals surface area contributed by atoms with Crippen LogP contribution in [0.2, 0.25) is 0 Å². The van der Waals surface area contributed by atoms with Gasteiger partial charge in [-0.05, 0) is 30.5 Å². The fourth-order valence-corrected chi connectivity index (χ4v) is 1.31. The van der Waals surface area contributed by atoms with E-state index in [9.17, 15) is 0 Å². The highest BCUT2D eigenvalue weighted by Gasteiger charge is 1.98. The van der Waals surface area contributed by atoms with Crippen LogP contribution in [0.25, 0.3) is 0 Å². The lowest BCUT2D eigenvalue weighted by atomic mass is 10.1. The van der Waals surface area contributed by atoms with Gasteiger partial charge in [-0.3, -0.25) is 0 Å². The summed E-state index contributed by atoms with van der Waals surface area (Å²) in [5.41, 5.74) is 2.57. The van der Waals surface area contributed by atoms with Crippen molar-refractivity contribution in [1.82, 2.24) is 0 Å². The third kappa shape index (κ3) is 8.79. The summed E-state index contributed by atoms with van der Waals surface area (Å²) in [6.45, 7) is 12.5. The Labute approximate surface area is 108 Å². The Hall–Kier alpha value is -0.980. The largest absolute Gasteiger partial charge is 0.496 e. The van der Waals surface area contributed by atoms with Crippen LogP contribution in [0.1, 0.15) is 58.6 Å². The summed E-state index contributed by atoms with van der Waals surface area (Å²) in [6.07, 6.45) is 3.57. The molecule has 0 N–H and O–H groups in total. The summed E-state index contributed by atoms with van der Waals surface area (Å²) < 4.78 is 5.23. The van der Waals surface area contributed by atoms with Crippen molar-refractivity contribution in [1.29, 1.82) is 0 Å². The van der Waals surface area contributed by atoms with E-state index < -0.39 is 0 Å². The molecule has 0 heterocycles. The fraction of sp³-hybridized carbons (Fsp3) is 0.625. The van der Waals surface area contributed by atoms with Gasteiger partial charge in [-0.25, -0.2) is 0 Å². The maximum Gasteiger partial charge on any atom is 0.122 e. The second kappa shape index (κ2) is 13.1. The van der Waals surface area contributed by atoms with Gasteiger partial charge < -0.3 is 4.74 Å². The van der Waals surface area contributed by atoms with E-state index in [1.807, 2.05) is 13.8 Å². The molecule has 0 saturated carbocycles. The molecule has 0 atom stereocenters. The van der Waals surface area contributed by atoms with Crippen LogP contribution < -0.4 is 4.74 Å². The molecule has 0 spiro atoms. The van der Waals surface area contributed by atoms with Gasteiger partial charge in [0, 0.05) is 0 Å². The van der Waals surface area contributed by atoms with Crippen molar-refractivity contribution in [2.75, 3.05) is 7.11 Å². The van der Waals surface area contributed by atoms with Gasteiger partial charge in [0.2, 0.25) is 0 Å². The number of aryl methyl sites for hydroxylation is 2. The molecule has 1 heteroatoms. The van der Waals surface area contributed by atoms with Crippen molar-refractivity contribution in [3.05, 3.63) is 29.3 Å². The van der Waals surface area contributed by atoms with Crippen LogP contribution in [0.3, 0.4) is 0 Å². The van der Waals surface area contributed by atoms with Gasteiger partial charge in [0.1, 0.15) is 5.75 Å². The van der Waals surface area contributed by atoms with Crippen LogP contribution in [0.5, 0.6) is 5.75 Å². The highest BCUT2D eigenvalue weighted by atomic mass is 16.5. The molecule has 0 unspecified atom stereocenters. The van der Waals surface area contributed by atoms with E-state index in [2.05, 4.69) is 45.9 Å². The normalized spacial score (nSPS) is 8.41. The van der Waals surface area contributed by atoms with Crippen molar-refractivity contribution in [3.8, 4) is 5.75 Å². The van der Waals surface area contributed by atoms with Crippen LogP contribution >= 0.6 is 0 Å². The molecule has 0 fully saturated rings. The topological polar surface area (TPSA) is 9.23 Å². The summed E-state index contributed by atoms with van der Waals surface area (Å²) >= 11 is 0. The molecule has 0 aliphatic carbocycles. The van der Waals surface area contributed by atoms with Crippen LogP contribution in [-0.4, -0.2) is 7.11 Å². The molecule has 1 nitrogen and oxygen atoms in total. The summed E-state index contributed by atoms with van der Waals surface area (Å²) in [6, 6.07) is 6.41. The first-order chi connectivity index (χ1) is 8.19. The van der Waals surface area contributed by atoms with Gasteiger partial charge in [0.15, 0.2) is 0 Å². The van der Waals surface area contributed by atoms with Crippen LogP contribution in [0.4, 0.5) is 0 Å². The molecule has 0 aliphatic heterocycles. The Bertz CT molecular complexity index is 266. The Morgan fingerprint density at radius 3 is 2.00 bits per heavy atom. The molecule has 17 heavy (non-hydrogen) atoms. The second-order valence-corrected chi connectivity index (χ2v) is 3.76. The van der Waals surface area contributed by atoms with Crippen molar-refractivity contribution >= 4 is 0 Å². The van der Waals surface area contributed by atoms with Crippen molar-refractivity contribution in [3.63, 3.8) is 0 Å². The molecule has 0 aromatic heterocycles. The number of ether oxygens (including phenoxy) is 1. The number of benzene rings is 1. The van der Waals surface area contributed by atoms with Gasteiger partial charge >= 0.3 is 0 Å². The summed E-state index contributed by atoms with van der Waals surface area (Å²) in [7, 11) is 1.72. The van der Waals surface area contributed by atoms with Crippen molar-refractivity contribution in [2.45, 2.75) is 60.8 Å². The fourth-order valence-electron chi connectivity index (χ4n) is 1.31. The van der Waals surface area contributed by atoms with Gasteiger partial charge in [-0.15, -0.1) is 0 Å². The van der Waals surface area contributed by atoms with Crippen LogP contribution in [0.15, 0.2) is 18.2 Å². The predicted molar refractivity (Wildman–Crippen MR) is 79.0 cm³/mol. The quantitative estimate of drug-likeness (QED) is 0.685. The van der Waals surface area contributed by atoms with Crippen molar-refractivity contribution in [2.24, 2.45) is 0 Å². The van der Waals surface area contributed by atoms with Gasteiger partial charge in [-0.1, -0.05) is 59.6 Å². The zero-order chi connectivity index (χ0) is 13.7. The number of methoxy groups -OCH3 is 1. The van der Waals surface area contributed by atoms with E-state index in [4.69, 9.17) is 4.74 Å². The first kappa shape index (κ1) is 18.4. The standard InChI is InChI=1S/C11H16O.C3H8.C2H6/c1-4-5-10-7-6-9(2)11(8-10)12-3;1-3-2;1-2/h6-8H,4-5H2,1-3H3;3H2,1-2H3;1-2H3. The minimum absolute atomic E-state index is 1.00. The molecular weight excluding hydrogens is 208 g/mol. The van der Waals surface area contributed by atoms with Gasteiger partial charge in [-0.2, -0.15) is 0 Å². The molecule has 0 amide bonds. The maximum absolute atomic E-state index is 5.23. The first-order valence-corrected chi connectivity index (χ1v) is 6.83. The van der Waals surface area contributed by atoms with E-state index in [0.29, 0.717) is 0 Å². The third-order valence-corrected chi connectivity index (χ3v) is 2.01. The number of hydrogen-bond donors (Lipinski definition) is 0. The lowest BCUT2D eigenvalue weighted by molar-refractivity contribution is 0.411. The molecule has 0 bridgehead atoms. The van der Waals surface area contributed by atoms with E-state index in [1.165, 1.54) is 24.0 Å². The molecular formula is C16H30O. The Morgan fingerprint density at radius 1 is 1.06 bits per heavy atom. The minimum atomic E-state index is 1.00. The highest BCUT2D eigenvalue weighted by Crippen LogP contribution is 2.19. The smallest absolute Gasteiger partial charge is 0.122 e.